The molecule has 0 atom stereocenters. The molecule has 0 spiro atoms. The summed E-state index contributed by atoms with van der Waals surface area (Å²) >= 11 is 0. The van der Waals surface area contributed by atoms with Crippen LogP contribution >= 0.6 is 0 Å². The van der Waals surface area contributed by atoms with Crippen molar-refractivity contribution >= 4 is 11.6 Å². The van der Waals surface area contributed by atoms with Crippen molar-refractivity contribution in [3.05, 3.63) is 54.1 Å². The second-order valence-corrected chi connectivity index (χ2v) is 5.64. The third-order valence-corrected chi connectivity index (χ3v) is 3.38. The molecule has 0 radical (unpaired) electrons. The second-order valence-electron chi connectivity index (χ2n) is 5.64. The van der Waals surface area contributed by atoms with Gasteiger partial charge < -0.3 is 14.8 Å². The summed E-state index contributed by atoms with van der Waals surface area (Å²) in [6.07, 6.45) is -4.71. The lowest BCUT2D eigenvalue weighted by molar-refractivity contribution is -0.274. The summed E-state index contributed by atoms with van der Waals surface area (Å²) in [6.45, 7) is 0.524. The molecule has 0 unspecified atom stereocenters. The van der Waals surface area contributed by atoms with Crippen molar-refractivity contribution in [1.82, 2.24) is 4.90 Å². The van der Waals surface area contributed by atoms with Crippen molar-refractivity contribution in [2.45, 2.75) is 12.9 Å². The normalized spacial score (nSPS) is 11.3. The summed E-state index contributed by atoms with van der Waals surface area (Å²) < 4.78 is 45.3. The molecular weight excluding hydrogens is 349 g/mol. The zero-order valence-electron chi connectivity index (χ0n) is 14.3. The van der Waals surface area contributed by atoms with Gasteiger partial charge in [-0.1, -0.05) is 18.2 Å². The van der Waals surface area contributed by atoms with Crippen molar-refractivity contribution in [3.63, 3.8) is 0 Å². The molecule has 0 bridgehead atoms. The minimum Gasteiger partial charge on any atom is -0.497 e. The topological polar surface area (TPSA) is 50.8 Å². The van der Waals surface area contributed by atoms with Gasteiger partial charge in [-0.2, -0.15) is 0 Å². The molecule has 0 aliphatic carbocycles. The van der Waals surface area contributed by atoms with Crippen LogP contribution in [-0.4, -0.2) is 37.9 Å². The van der Waals surface area contributed by atoms with E-state index >= 15 is 0 Å². The molecular formula is C18H19F3N2O3. The number of amides is 1. The van der Waals surface area contributed by atoms with Crippen LogP contribution in [0.4, 0.5) is 18.9 Å². The van der Waals surface area contributed by atoms with Crippen LogP contribution in [0.25, 0.3) is 0 Å². The van der Waals surface area contributed by atoms with Gasteiger partial charge in [0.2, 0.25) is 5.91 Å². The molecule has 1 amide bonds. The Kier molecular flexibility index (Phi) is 6.46. The van der Waals surface area contributed by atoms with Crippen LogP contribution in [0.1, 0.15) is 5.56 Å². The van der Waals surface area contributed by atoms with E-state index in [1.54, 1.807) is 43.3 Å². The minimum absolute atomic E-state index is 0.123. The Hall–Kier alpha value is -2.74. The molecule has 5 nitrogen and oxygen atoms in total. The first-order chi connectivity index (χ1) is 12.2. The first-order valence-electron chi connectivity index (χ1n) is 7.72. The van der Waals surface area contributed by atoms with E-state index in [1.165, 1.54) is 24.3 Å². The van der Waals surface area contributed by atoms with Gasteiger partial charge in [0.05, 0.1) is 13.7 Å². The van der Waals surface area contributed by atoms with Gasteiger partial charge in [0.15, 0.2) is 0 Å². The molecule has 1 N–H and O–H groups in total. The SMILES string of the molecule is COc1cccc(NC(=O)CN(C)Cc2ccc(OC(F)(F)F)cc2)c1. The molecule has 2 rings (SSSR count). The van der Waals surface area contributed by atoms with E-state index in [4.69, 9.17) is 4.74 Å². The highest BCUT2D eigenvalue weighted by Gasteiger charge is 2.30. The average Bonchev–Trinajstić information content (AvgIpc) is 2.55. The molecule has 0 aliphatic heterocycles. The number of rotatable bonds is 7. The highest BCUT2D eigenvalue weighted by molar-refractivity contribution is 5.92. The Bertz CT molecular complexity index is 733. The van der Waals surface area contributed by atoms with E-state index in [9.17, 15) is 18.0 Å². The lowest BCUT2D eigenvalue weighted by atomic mass is 10.2. The fourth-order valence-electron chi connectivity index (χ4n) is 2.31. The Labute approximate surface area is 149 Å². The minimum atomic E-state index is -4.71. The highest BCUT2D eigenvalue weighted by Crippen LogP contribution is 2.23. The molecule has 0 aromatic heterocycles. The number of benzene rings is 2. The van der Waals surface area contributed by atoms with E-state index in [0.29, 0.717) is 18.0 Å². The number of halogens is 3. The van der Waals surface area contributed by atoms with Gasteiger partial charge in [-0.05, 0) is 36.9 Å². The molecule has 2 aromatic carbocycles. The summed E-state index contributed by atoms with van der Waals surface area (Å²) in [4.78, 5) is 13.8. The van der Waals surface area contributed by atoms with Gasteiger partial charge in [0, 0.05) is 18.3 Å². The molecule has 140 valence electrons. The predicted molar refractivity (Wildman–Crippen MR) is 91.1 cm³/mol. The molecule has 0 heterocycles. The van der Waals surface area contributed by atoms with Crippen molar-refractivity contribution in [2.24, 2.45) is 0 Å². The number of likely N-dealkylation sites (N-methyl/N-ethyl adjacent to an activating group) is 1. The van der Waals surface area contributed by atoms with Gasteiger partial charge in [0.25, 0.3) is 0 Å². The number of nitrogens with one attached hydrogen (secondary N) is 1. The quantitative estimate of drug-likeness (QED) is 0.810. The monoisotopic (exact) mass is 368 g/mol. The molecule has 0 fully saturated rings. The lowest BCUT2D eigenvalue weighted by Gasteiger charge is -2.17. The number of alkyl halides is 3. The third-order valence-electron chi connectivity index (χ3n) is 3.38. The summed E-state index contributed by atoms with van der Waals surface area (Å²) in [6, 6.07) is 12.5. The zero-order chi connectivity index (χ0) is 19.2. The first kappa shape index (κ1) is 19.6. The second kappa shape index (κ2) is 8.57. The van der Waals surface area contributed by atoms with E-state index in [2.05, 4.69) is 10.1 Å². The van der Waals surface area contributed by atoms with Crippen molar-refractivity contribution < 1.29 is 27.4 Å². The maximum Gasteiger partial charge on any atom is 0.573 e. The fourth-order valence-corrected chi connectivity index (χ4v) is 2.31. The number of ether oxygens (including phenoxy) is 2. The Morgan fingerprint density at radius 1 is 1.12 bits per heavy atom. The molecule has 8 heteroatoms. The Morgan fingerprint density at radius 3 is 2.42 bits per heavy atom. The van der Waals surface area contributed by atoms with Crippen molar-refractivity contribution in [1.29, 1.82) is 0 Å². The summed E-state index contributed by atoms with van der Waals surface area (Å²) in [5.74, 6) is 0.148. The molecule has 26 heavy (non-hydrogen) atoms. The van der Waals surface area contributed by atoms with Crippen molar-refractivity contribution in [2.75, 3.05) is 26.0 Å². The molecule has 2 aromatic rings. The molecule has 0 saturated carbocycles. The van der Waals surface area contributed by atoms with Crippen molar-refractivity contribution in [3.8, 4) is 11.5 Å². The number of methoxy groups -OCH3 is 1. The van der Waals surface area contributed by atoms with Crippen LogP contribution in [0.5, 0.6) is 11.5 Å². The number of hydrogen-bond acceptors (Lipinski definition) is 4. The number of anilines is 1. The third kappa shape index (κ3) is 6.64. The van der Waals surface area contributed by atoms with Gasteiger partial charge in [-0.3, -0.25) is 9.69 Å². The fraction of sp³-hybridized carbons (Fsp3) is 0.278. The maximum atomic E-state index is 12.1. The number of nitrogens with zero attached hydrogens (tertiary/aromatic N) is 1. The van der Waals surface area contributed by atoms with E-state index < -0.39 is 6.36 Å². The van der Waals surface area contributed by atoms with E-state index in [-0.39, 0.29) is 18.2 Å². The van der Waals surface area contributed by atoms with E-state index in [1.807, 2.05) is 0 Å². The molecule has 0 saturated heterocycles. The predicted octanol–water partition coefficient (Wildman–Crippen LogP) is 3.66. The van der Waals surface area contributed by atoms with Gasteiger partial charge >= 0.3 is 6.36 Å². The van der Waals surface area contributed by atoms with Gasteiger partial charge in [0.1, 0.15) is 11.5 Å². The van der Waals surface area contributed by atoms with Crippen LogP contribution in [-0.2, 0) is 11.3 Å². The van der Waals surface area contributed by atoms with Crippen LogP contribution < -0.4 is 14.8 Å². The average molecular weight is 368 g/mol. The number of carbonyl (C=O) groups is 1. The van der Waals surface area contributed by atoms with Crippen LogP contribution in [0.2, 0.25) is 0 Å². The molecule has 0 aliphatic rings. The first-order valence-corrected chi connectivity index (χ1v) is 7.72. The maximum absolute atomic E-state index is 12.1. The zero-order valence-corrected chi connectivity index (χ0v) is 14.3. The van der Waals surface area contributed by atoms with Gasteiger partial charge in [-0.25, -0.2) is 0 Å². The smallest absolute Gasteiger partial charge is 0.497 e. The Balaban J connectivity index is 1.85. The number of carbonyl (C=O) groups excluding carboxylic acids is 1. The van der Waals surface area contributed by atoms with Crippen LogP contribution in [0.15, 0.2) is 48.5 Å². The van der Waals surface area contributed by atoms with Crippen LogP contribution in [0, 0.1) is 0 Å². The van der Waals surface area contributed by atoms with E-state index in [0.717, 1.165) is 5.56 Å². The highest BCUT2D eigenvalue weighted by atomic mass is 19.4. The largest absolute Gasteiger partial charge is 0.573 e. The summed E-state index contributed by atoms with van der Waals surface area (Å²) in [5.41, 5.74) is 1.38. The Morgan fingerprint density at radius 2 is 1.81 bits per heavy atom. The summed E-state index contributed by atoms with van der Waals surface area (Å²) in [7, 11) is 3.28. The van der Waals surface area contributed by atoms with Crippen LogP contribution in [0.3, 0.4) is 0 Å². The summed E-state index contributed by atoms with van der Waals surface area (Å²) in [5, 5.41) is 2.76. The van der Waals surface area contributed by atoms with Gasteiger partial charge in [-0.15, -0.1) is 13.2 Å². The number of hydrogen-bond donors (Lipinski definition) is 1. The lowest BCUT2D eigenvalue weighted by Crippen LogP contribution is -2.29. The standard InChI is InChI=1S/C18H19F3N2O3/c1-23(11-13-6-8-15(9-7-13)26-18(19,20)21)12-17(24)22-14-4-3-5-16(10-14)25-2/h3-10H,11-12H2,1-2H3,(H,22,24).